The van der Waals surface area contributed by atoms with Crippen molar-refractivity contribution in [3.05, 3.63) is 23.9 Å². The zero-order chi connectivity index (χ0) is 17.7. The molecule has 0 spiro atoms. The average Bonchev–Trinajstić information content (AvgIpc) is 2.97. The normalized spacial score (nSPS) is 10.9. The van der Waals surface area contributed by atoms with Gasteiger partial charge in [0, 0.05) is 0 Å². The molecule has 0 aliphatic carbocycles. The van der Waals surface area contributed by atoms with E-state index in [1.165, 1.54) is 7.11 Å². The second-order valence-corrected chi connectivity index (χ2v) is 5.26. The second-order valence-electron chi connectivity index (χ2n) is 5.26. The van der Waals surface area contributed by atoms with Crippen LogP contribution >= 0.6 is 0 Å². The molecule has 0 bridgehead atoms. The lowest BCUT2D eigenvalue weighted by Gasteiger charge is -2.17. The number of nitrogens with zero attached hydrogens (tertiary/aromatic N) is 1. The van der Waals surface area contributed by atoms with E-state index in [-0.39, 0.29) is 18.1 Å². The topological polar surface area (TPSA) is 83.7 Å². The van der Waals surface area contributed by atoms with Crippen LogP contribution in [0.15, 0.2) is 18.2 Å². The van der Waals surface area contributed by atoms with Crippen LogP contribution in [0.5, 0.6) is 5.75 Å². The zero-order valence-corrected chi connectivity index (χ0v) is 14.4. The SMILES string of the molecule is CCN(CC)CC(=O)Nc1c(C(=O)OC)[nH]c2cccc(OC)c12. The van der Waals surface area contributed by atoms with Crippen molar-refractivity contribution in [2.45, 2.75) is 13.8 Å². The summed E-state index contributed by atoms with van der Waals surface area (Å²) in [4.78, 5) is 29.4. The first-order chi connectivity index (χ1) is 11.5. The zero-order valence-electron chi connectivity index (χ0n) is 14.4. The monoisotopic (exact) mass is 333 g/mol. The first kappa shape index (κ1) is 17.8. The predicted octanol–water partition coefficient (Wildman–Crippen LogP) is 2.24. The number of esters is 1. The van der Waals surface area contributed by atoms with E-state index in [1.807, 2.05) is 24.8 Å². The summed E-state index contributed by atoms with van der Waals surface area (Å²) in [6.07, 6.45) is 0. The van der Waals surface area contributed by atoms with E-state index in [0.29, 0.717) is 22.3 Å². The Morgan fingerprint density at radius 1 is 1.21 bits per heavy atom. The van der Waals surface area contributed by atoms with Gasteiger partial charge in [-0.3, -0.25) is 9.69 Å². The number of fused-ring (bicyclic) bond motifs is 1. The summed E-state index contributed by atoms with van der Waals surface area (Å²) < 4.78 is 10.2. The Balaban J connectivity index is 2.45. The molecule has 0 saturated carbocycles. The molecule has 0 saturated heterocycles. The maximum absolute atomic E-state index is 12.4. The van der Waals surface area contributed by atoms with Crippen LogP contribution in [0.2, 0.25) is 0 Å². The molecule has 1 heterocycles. The highest BCUT2D eigenvalue weighted by Crippen LogP contribution is 2.35. The number of nitrogens with one attached hydrogen (secondary N) is 2. The smallest absolute Gasteiger partial charge is 0.356 e. The molecular weight excluding hydrogens is 310 g/mol. The highest BCUT2D eigenvalue weighted by Gasteiger charge is 2.23. The summed E-state index contributed by atoms with van der Waals surface area (Å²) in [5.74, 6) is -0.181. The van der Waals surface area contributed by atoms with Crippen LogP contribution in [0.4, 0.5) is 5.69 Å². The lowest BCUT2D eigenvalue weighted by molar-refractivity contribution is -0.117. The Morgan fingerprint density at radius 3 is 2.50 bits per heavy atom. The van der Waals surface area contributed by atoms with Crippen LogP contribution in [0.25, 0.3) is 10.9 Å². The molecule has 1 aromatic heterocycles. The number of benzene rings is 1. The number of carbonyl (C=O) groups excluding carboxylic acids is 2. The van der Waals surface area contributed by atoms with Crippen molar-refractivity contribution in [3.63, 3.8) is 0 Å². The van der Waals surface area contributed by atoms with Gasteiger partial charge in [-0.15, -0.1) is 0 Å². The Labute approximate surface area is 140 Å². The number of H-pyrrole nitrogens is 1. The number of hydrogen-bond donors (Lipinski definition) is 2. The minimum Gasteiger partial charge on any atom is -0.496 e. The van der Waals surface area contributed by atoms with Crippen LogP contribution in [-0.2, 0) is 9.53 Å². The molecule has 1 amide bonds. The van der Waals surface area contributed by atoms with E-state index in [2.05, 4.69) is 10.3 Å². The van der Waals surface area contributed by atoms with Crippen molar-refractivity contribution in [1.82, 2.24) is 9.88 Å². The number of methoxy groups -OCH3 is 2. The number of carbonyl (C=O) groups is 2. The molecular formula is C17H23N3O4. The van der Waals surface area contributed by atoms with Crippen LogP contribution in [-0.4, -0.2) is 55.6 Å². The molecule has 7 heteroatoms. The maximum Gasteiger partial charge on any atom is 0.356 e. The molecule has 24 heavy (non-hydrogen) atoms. The first-order valence-electron chi connectivity index (χ1n) is 7.84. The minimum absolute atomic E-state index is 0.198. The number of aromatic nitrogens is 1. The first-order valence-corrected chi connectivity index (χ1v) is 7.84. The van der Waals surface area contributed by atoms with Crippen LogP contribution in [0.3, 0.4) is 0 Å². The van der Waals surface area contributed by atoms with Gasteiger partial charge in [-0.2, -0.15) is 0 Å². The number of hydrogen-bond acceptors (Lipinski definition) is 5. The standard InChI is InChI=1S/C17H23N3O4/c1-5-20(6-2)10-13(21)19-15-14-11(8-7-9-12(14)23-3)18-16(15)17(22)24-4/h7-9,18H,5-6,10H2,1-4H3,(H,19,21). The highest BCUT2D eigenvalue weighted by atomic mass is 16.5. The molecule has 0 aliphatic heterocycles. The number of rotatable bonds is 7. The lowest BCUT2D eigenvalue weighted by atomic mass is 10.2. The van der Waals surface area contributed by atoms with Gasteiger partial charge in [-0.05, 0) is 25.2 Å². The van der Waals surface area contributed by atoms with E-state index in [0.717, 1.165) is 13.1 Å². The van der Waals surface area contributed by atoms with Crippen molar-refractivity contribution in [1.29, 1.82) is 0 Å². The van der Waals surface area contributed by atoms with Crippen LogP contribution in [0, 0.1) is 0 Å². The predicted molar refractivity (Wildman–Crippen MR) is 92.6 cm³/mol. The van der Waals surface area contributed by atoms with Crippen molar-refractivity contribution < 1.29 is 19.1 Å². The largest absolute Gasteiger partial charge is 0.496 e. The Bertz CT molecular complexity index is 735. The maximum atomic E-state index is 12.4. The molecule has 0 aliphatic rings. The Kier molecular flexibility index (Phi) is 5.81. The van der Waals surface area contributed by atoms with Crippen molar-refractivity contribution in [2.24, 2.45) is 0 Å². The number of anilines is 1. The van der Waals surface area contributed by atoms with Crippen molar-refractivity contribution >= 4 is 28.5 Å². The van der Waals surface area contributed by atoms with Crippen LogP contribution in [0.1, 0.15) is 24.3 Å². The quantitative estimate of drug-likeness (QED) is 0.759. The molecule has 0 atom stereocenters. The van der Waals surface area contributed by atoms with Gasteiger partial charge < -0.3 is 19.8 Å². The summed E-state index contributed by atoms with van der Waals surface area (Å²) >= 11 is 0. The van der Waals surface area contributed by atoms with Crippen LogP contribution < -0.4 is 10.1 Å². The van der Waals surface area contributed by atoms with Gasteiger partial charge in [-0.1, -0.05) is 19.9 Å². The third-order valence-corrected chi connectivity index (χ3v) is 3.92. The molecule has 2 rings (SSSR count). The minimum atomic E-state index is -0.550. The fraction of sp³-hybridized carbons (Fsp3) is 0.412. The second kappa shape index (κ2) is 7.83. The molecule has 0 fully saturated rings. The molecule has 0 radical (unpaired) electrons. The van der Waals surface area contributed by atoms with E-state index in [4.69, 9.17) is 9.47 Å². The fourth-order valence-corrected chi connectivity index (χ4v) is 2.59. The average molecular weight is 333 g/mol. The van der Waals surface area contributed by atoms with E-state index in [9.17, 15) is 9.59 Å². The Morgan fingerprint density at radius 2 is 1.92 bits per heavy atom. The van der Waals surface area contributed by atoms with E-state index in [1.54, 1.807) is 19.2 Å². The summed E-state index contributed by atoms with van der Waals surface area (Å²) in [6.45, 7) is 5.77. The van der Waals surface area contributed by atoms with Gasteiger partial charge in [0.25, 0.3) is 0 Å². The van der Waals surface area contributed by atoms with Gasteiger partial charge >= 0.3 is 5.97 Å². The molecule has 2 N–H and O–H groups in total. The summed E-state index contributed by atoms with van der Waals surface area (Å²) in [7, 11) is 2.84. The van der Waals surface area contributed by atoms with Gasteiger partial charge in [0.1, 0.15) is 11.4 Å². The van der Waals surface area contributed by atoms with E-state index >= 15 is 0 Å². The molecule has 2 aromatic rings. The van der Waals surface area contributed by atoms with Gasteiger partial charge in [0.15, 0.2) is 0 Å². The highest BCUT2D eigenvalue weighted by molar-refractivity contribution is 6.13. The lowest BCUT2D eigenvalue weighted by Crippen LogP contribution is -2.33. The number of likely N-dealkylation sites (N-methyl/N-ethyl adjacent to an activating group) is 1. The number of amides is 1. The van der Waals surface area contributed by atoms with Crippen molar-refractivity contribution in [3.8, 4) is 5.75 Å². The third kappa shape index (κ3) is 3.51. The van der Waals surface area contributed by atoms with E-state index < -0.39 is 5.97 Å². The number of ether oxygens (including phenoxy) is 2. The summed E-state index contributed by atoms with van der Waals surface area (Å²) in [5, 5.41) is 3.48. The molecule has 0 unspecified atom stereocenters. The third-order valence-electron chi connectivity index (χ3n) is 3.92. The number of aromatic amines is 1. The fourth-order valence-electron chi connectivity index (χ4n) is 2.59. The molecule has 130 valence electrons. The molecule has 1 aromatic carbocycles. The summed E-state index contributed by atoms with van der Waals surface area (Å²) in [6, 6.07) is 5.39. The van der Waals surface area contributed by atoms with Crippen molar-refractivity contribution in [2.75, 3.05) is 39.2 Å². The van der Waals surface area contributed by atoms with Gasteiger partial charge in [0.05, 0.1) is 37.4 Å². The summed E-state index contributed by atoms with van der Waals surface area (Å²) in [5.41, 5.74) is 1.27. The van der Waals surface area contributed by atoms with Gasteiger partial charge in [-0.25, -0.2) is 4.79 Å². The Hall–Kier alpha value is -2.54. The molecule has 7 nitrogen and oxygen atoms in total. The van der Waals surface area contributed by atoms with Gasteiger partial charge in [0.2, 0.25) is 5.91 Å².